The largest absolute Gasteiger partial charge is 0.298 e. The van der Waals surface area contributed by atoms with E-state index in [2.05, 4.69) is 18.7 Å². The van der Waals surface area contributed by atoms with Crippen LogP contribution in [0.15, 0.2) is 0 Å². The second-order valence-corrected chi connectivity index (χ2v) is 5.09. The zero-order valence-corrected chi connectivity index (χ0v) is 10.5. The summed E-state index contributed by atoms with van der Waals surface area (Å²) in [6.45, 7) is 9.37. The zero-order chi connectivity index (χ0) is 11.3. The van der Waals surface area contributed by atoms with E-state index in [-0.39, 0.29) is 5.92 Å². The van der Waals surface area contributed by atoms with E-state index in [0.717, 1.165) is 25.4 Å². The van der Waals surface area contributed by atoms with Gasteiger partial charge in [-0.2, -0.15) is 0 Å². The number of hydrogen-bond donors (Lipinski definition) is 0. The van der Waals surface area contributed by atoms with E-state index in [9.17, 15) is 4.79 Å². The highest BCUT2D eigenvalue weighted by atomic mass is 16.1. The molecular weight excluding hydrogens is 186 g/mol. The second kappa shape index (κ2) is 6.26. The Balaban J connectivity index is 2.34. The molecule has 0 radical (unpaired) electrons. The smallest absolute Gasteiger partial charge is 0.149 e. The van der Waals surface area contributed by atoms with Crippen molar-refractivity contribution in [2.45, 2.75) is 46.5 Å². The fourth-order valence-corrected chi connectivity index (χ4v) is 2.08. The number of hydrogen-bond acceptors (Lipinski definition) is 2. The summed E-state index contributed by atoms with van der Waals surface area (Å²) in [6.07, 6.45) is 4.82. The SMILES string of the molecule is CCC(C)C(=O)CN1CCCC(C)CC1. The van der Waals surface area contributed by atoms with Crippen molar-refractivity contribution in [3.05, 3.63) is 0 Å². The van der Waals surface area contributed by atoms with Gasteiger partial charge in [-0.3, -0.25) is 9.69 Å². The van der Waals surface area contributed by atoms with Gasteiger partial charge in [0, 0.05) is 5.92 Å². The minimum absolute atomic E-state index is 0.241. The maximum atomic E-state index is 11.8. The molecule has 0 aliphatic carbocycles. The summed E-state index contributed by atoms with van der Waals surface area (Å²) in [6, 6.07) is 0. The molecule has 0 saturated carbocycles. The van der Waals surface area contributed by atoms with Gasteiger partial charge in [0.1, 0.15) is 5.78 Å². The van der Waals surface area contributed by atoms with Crippen LogP contribution < -0.4 is 0 Å². The standard InChI is InChI=1S/C13H25NO/c1-4-12(3)13(15)10-14-8-5-6-11(2)7-9-14/h11-12H,4-10H2,1-3H3. The Morgan fingerprint density at radius 2 is 2.13 bits per heavy atom. The second-order valence-electron chi connectivity index (χ2n) is 5.09. The summed E-state index contributed by atoms with van der Waals surface area (Å²) in [5.74, 6) is 1.51. The fourth-order valence-electron chi connectivity index (χ4n) is 2.08. The van der Waals surface area contributed by atoms with Gasteiger partial charge >= 0.3 is 0 Å². The van der Waals surface area contributed by atoms with Gasteiger partial charge in [-0.15, -0.1) is 0 Å². The van der Waals surface area contributed by atoms with Crippen molar-refractivity contribution >= 4 is 5.78 Å². The Bertz CT molecular complexity index is 203. The molecule has 2 atom stereocenters. The lowest BCUT2D eigenvalue weighted by atomic mass is 10.0. The number of carbonyl (C=O) groups excluding carboxylic acids is 1. The van der Waals surface area contributed by atoms with Gasteiger partial charge in [-0.25, -0.2) is 0 Å². The highest BCUT2D eigenvalue weighted by molar-refractivity contribution is 5.82. The molecule has 2 unspecified atom stereocenters. The lowest BCUT2D eigenvalue weighted by Crippen LogP contribution is -2.33. The van der Waals surface area contributed by atoms with Crippen LogP contribution >= 0.6 is 0 Å². The highest BCUT2D eigenvalue weighted by Gasteiger charge is 2.18. The summed E-state index contributed by atoms with van der Waals surface area (Å²) in [4.78, 5) is 14.1. The molecule has 2 heteroatoms. The molecule has 0 aromatic heterocycles. The monoisotopic (exact) mass is 211 g/mol. The molecule has 1 fully saturated rings. The Labute approximate surface area is 94.0 Å². The Kier molecular flexibility index (Phi) is 5.30. The average molecular weight is 211 g/mol. The van der Waals surface area contributed by atoms with Crippen molar-refractivity contribution in [2.24, 2.45) is 11.8 Å². The number of rotatable bonds is 4. The maximum absolute atomic E-state index is 11.8. The van der Waals surface area contributed by atoms with Gasteiger partial charge in [0.25, 0.3) is 0 Å². The Morgan fingerprint density at radius 1 is 1.40 bits per heavy atom. The molecule has 1 heterocycles. The third-order valence-electron chi connectivity index (χ3n) is 3.65. The fraction of sp³-hybridized carbons (Fsp3) is 0.923. The topological polar surface area (TPSA) is 20.3 Å². The normalized spacial score (nSPS) is 25.9. The van der Waals surface area contributed by atoms with Crippen LogP contribution in [0.3, 0.4) is 0 Å². The van der Waals surface area contributed by atoms with Crippen LogP contribution in [0.25, 0.3) is 0 Å². The summed E-state index contributed by atoms with van der Waals surface area (Å²) in [7, 11) is 0. The molecule has 0 aromatic carbocycles. The third kappa shape index (κ3) is 4.33. The van der Waals surface area contributed by atoms with Gasteiger partial charge in [-0.05, 0) is 44.7 Å². The van der Waals surface area contributed by atoms with Crippen molar-refractivity contribution in [3.8, 4) is 0 Å². The first-order chi connectivity index (χ1) is 7.13. The van der Waals surface area contributed by atoms with Crippen LogP contribution in [0.4, 0.5) is 0 Å². The minimum Gasteiger partial charge on any atom is -0.298 e. The van der Waals surface area contributed by atoms with Crippen LogP contribution in [0.5, 0.6) is 0 Å². The first-order valence-corrected chi connectivity index (χ1v) is 6.38. The van der Waals surface area contributed by atoms with E-state index < -0.39 is 0 Å². The molecule has 1 rings (SSSR count). The van der Waals surface area contributed by atoms with E-state index in [1.54, 1.807) is 0 Å². The molecule has 15 heavy (non-hydrogen) atoms. The molecule has 2 nitrogen and oxygen atoms in total. The van der Waals surface area contributed by atoms with Crippen LogP contribution in [-0.2, 0) is 4.79 Å². The van der Waals surface area contributed by atoms with Crippen LogP contribution in [0.1, 0.15) is 46.5 Å². The molecule has 0 bridgehead atoms. The summed E-state index contributed by atoms with van der Waals surface area (Å²) in [5, 5.41) is 0. The van der Waals surface area contributed by atoms with Crippen LogP contribution in [0.2, 0.25) is 0 Å². The van der Waals surface area contributed by atoms with Crippen molar-refractivity contribution in [3.63, 3.8) is 0 Å². The first-order valence-electron chi connectivity index (χ1n) is 6.38. The lowest BCUT2D eigenvalue weighted by Gasteiger charge is -2.20. The van der Waals surface area contributed by atoms with E-state index in [1.165, 1.54) is 19.3 Å². The minimum atomic E-state index is 0.241. The van der Waals surface area contributed by atoms with E-state index in [4.69, 9.17) is 0 Å². The summed E-state index contributed by atoms with van der Waals surface area (Å²) < 4.78 is 0. The predicted molar refractivity (Wildman–Crippen MR) is 63.9 cm³/mol. The molecule has 1 aliphatic rings. The van der Waals surface area contributed by atoms with Crippen LogP contribution in [-0.4, -0.2) is 30.3 Å². The molecule has 1 saturated heterocycles. The van der Waals surface area contributed by atoms with E-state index >= 15 is 0 Å². The average Bonchev–Trinajstić information content (AvgIpc) is 2.42. The number of carbonyl (C=O) groups is 1. The maximum Gasteiger partial charge on any atom is 0.149 e. The van der Waals surface area contributed by atoms with Gasteiger partial charge in [0.15, 0.2) is 0 Å². The number of ketones is 1. The summed E-state index contributed by atoms with van der Waals surface area (Å²) in [5.41, 5.74) is 0. The molecule has 1 aliphatic heterocycles. The molecule has 0 spiro atoms. The predicted octanol–water partition coefficient (Wildman–Crippen LogP) is 2.72. The molecule has 88 valence electrons. The van der Waals surface area contributed by atoms with Crippen molar-refractivity contribution in [2.75, 3.05) is 19.6 Å². The van der Waals surface area contributed by atoms with E-state index in [1.807, 2.05) is 6.92 Å². The Morgan fingerprint density at radius 3 is 2.80 bits per heavy atom. The number of likely N-dealkylation sites (tertiary alicyclic amines) is 1. The van der Waals surface area contributed by atoms with Crippen molar-refractivity contribution < 1.29 is 4.79 Å². The van der Waals surface area contributed by atoms with Crippen molar-refractivity contribution in [1.29, 1.82) is 0 Å². The molecular formula is C13H25NO. The summed E-state index contributed by atoms with van der Waals surface area (Å²) >= 11 is 0. The molecule has 0 N–H and O–H groups in total. The van der Waals surface area contributed by atoms with Gasteiger partial charge in [0.2, 0.25) is 0 Å². The Hall–Kier alpha value is -0.370. The van der Waals surface area contributed by atoms with Crippen LogP contribution in [0, 0.1) is 11.8 Å². The zero-order valence-electron chi connectivity index (χ0n) is 10.5. The number of nitrogens with zero attached hydrogens (tertiary/aromatic N) is 1. The van der Waals surface area contributed by atoms with E-state index in [0.29, 0.717) is 12.3 Å². The molecule has 0 amide bonds. The lowest BCUT2D eigenvalue weighted by molar-refractivity contribution is -0.123. The third-order valence-corrected chi connectivity index (χ3v) is 3.65. The quantitative estimate of drug-likeness (QED) is 0.712. The highest BCUT2D eigenvalue weighted by Crippen LogP contribution is 2.16. The van der Waals surface area contributed by atoms with Crippen molar-refractivity contribution in [1.82, 2.24) is 4.90 Å². The van der Waals surface area contributed by atoms with Gasteiger partial charge in [-0.1, -0.05) is 20.8 Å². The first kappa shape index (κ1) is 12.7. The van der Waals surface area contributed by atoms with Gasteiger partial charge in [0.05, 0.1) is 6.54 Å². The molecule has 0 aromatic rings. The van der Waals surface area contributed by atoms with Gasteiger partial charge < -0.3 is 0 Å². The number of Topliss-reactive ketones (excluding diaryl/α,β-unsaturated/α-hetero) is 1.